The van der Waals surface area contributed by atoms with Crippen molar-refractivity contribution in [2.45, 2.75) is 32.7 Å². The zero-order valence-electron chi connectivity index (χ0n) is 12.7. The lowest BCUT2D eigenvalue weighted by Gasteiger charge is -2.23. The second-order valence-corrected chi connectivity index (χ2v) is 6.16. The molecule has 0 amide bonds. The number of hydrogen-bond donors (Lipinski definition) is 1. The van der Waals surface area contributed by atoms with Gasteiger partial charge in [0.2, 0.25) is 0 Å². The van der Waals surface area contributed by atoms with Gasteiger partial charge in [0.1, 0.15) is 0 Å². The maximum atomic E-state index is 4.34. The molecular weight excluding hydrogens is 234 g/mol. The maximum absolute atomic E-state index is 4.34. The number of nitrogens with zero attached hydrogens (tertiary/aromatic N) is 2. The Morgan fingerprint density at radius 3 is 2.68 bits per heavy atom. The number of hydrogen-bond acceptors (Lipinski definition) is 3. The molecule has 1 aromatic heterocycles. The van der Waals surface area contributed by atoms with Gasteiger partial charge in [-0.25, -0.2) is 0 Å². The lowest BCUT2D eigenvalue weighted by Crippen LogP contribution is -2.38. The van der Waals surface area contributed by atoms with Gasteiger partial charge in [-0.2, -0.15) is 0 Å². The smallest absolute Gasteiger partial charge is 0.0416 e. The standard InChI is InChI=1S/C16H27N3/c1-14(12-18-16(2,3)4)13-19(5)11-9-15-8-6-7-10-17-15/h6-8,10,18H,1,9,11-13H2,2-5H3. The number of nitrogens with one attached hydrogen (secondary N) is 1. The Morgan fingerprint density at radius 1 is 1.37 bits per heavy atom. The number of aromatic nitrogens is 1. The maximum Gasteiger partial charge on any atom is 0.0416 e. The number of pyridine rings is 1. The van der Waals surface area contributed by atoms with E-state index in [-0.39, 0.29) is 5.54 Å². The number of rotatable bonds is 7. The fourth-order valence-electron chi connectivity index (χ4n) is 1.76. The van der Waals surface area contributed by atoms with Gasteiger partial charge in [0.25, 0.3) is 0 Å². The first-order valence-electron chi connectivity index (χ1n) is 6.87. The first-order chi connectivity index (χ1) is 8.87. The van der Waals surface area contributed by atoms with Crippen LogP contribution in [0.2, 0.25) is 0 Å². The molecule has 3 heteroatoms. The van der Waals surface area contributed by atoms with Crippen molar-refractivity contribution in [2.75, 3.05) is 26.7 Å². The third-order valence-electron chi connectivity index (χ3n) is 2.84. The van der Waals surface area contributed by atoms with Crippen LogP contribution in [0.25, 0.3) is 0 Å². The van der Waals surface area contributed by atoms with Gasteiger partial charge in [-0.15, -0.1) is 0 Å². The quantitative estimate of drug-likeness (QED) is 0.764. The average molecular weight is 261 g/mol. The van der Waals surface area contributed by atoms with Crippen LogP contribution < -0.4 is 5.32 Å². The molecule has 0 aliphatic carbocycles. The van der Waals surface area contributed by atoms with Crippen LogP contribution in [0.1, 0.15) is 26.5 Å². The van der Waals surface area contributed by atoms with E-state index in [1.165, 1.54) is 5.57 Å². The number of likely N-dealkylation sites (N-methyl/N-ethyl adjacent to an activating group) is 1. The Bertz CT molecular complexity index is 379. The van der Waals surface area contributed by atoms with Crippen LogP contribution in [0, 0.1) is 0 Å². The van der Waals surface area contributed by atoms with E-state index in [1.54, 1.807) is 0 Å². The molecule has 0 saturated heterocycles. The summed E-state index contributed by atoms with van der Waals surface area (Å²) < 4.78 is 0. The fraction of sp³-hybridized carbons (Fsp3) is 0.562. The van der Waals surface area contributed by atoms with Crippen molar-refractivity contribution in [3.05, 3.63) is 42.2 Å². The van der Waals surface area contributed by atoms with Crippen LogP contribution in [0.3, 0.4) is 0 Å². The predicted molar refractivity (Wildman–Crippen MR) is 82.3 cm³/mol. The summed E-state index contributed by atoms with van der Waals surface area (Å²) >= 11 is 0. The molecular formula is C16H27N3. The molecule has 0 aromatic carbocycles. The van der Waals surface area contributed by atoms with E-state index < -0.39 is 0 Å². The third-order valence-corrected chi connectivity index (χ3v) is 2.84. The van der Waals surface area contributed by atoms with Gasteiger partial charge in [0.15, 0.2) is 0 Å². The molecule has 0 spiro atoms. The third kappa shape index (κ3) is 7.75. The molecule has 0 aliphatic rings. The molecule has 0 radical (unpaired) electrons. The fourth-order valence-corrected chi connectivity index (χ4v) is 1.76. The van der Waals surface area contributed by atoms with Crippen LogP contribution >= 0.6 is 0 Å². The van der Waals surface area contributed by atoms with Crippen molar-refractivity contribution in [2.24, 2.45) is 0 Å². The molecule has 0 fully saturated rings. The molecule has 1 heterocycles. The molecule has 3 nitrogen and oxygen atoms in total. The van der Waals surface area contributed by atoms with Crippen molar-refractivity contribution < 1.29 is 0 Å². The minimum atomic E-state index is 0.148. The monoisotopic (exact) mass is 261 g/mol. The van der Waals surface area contributed by atoms with E-state index in [9.17, 15) is 0 Å². The van der Waals surface area contributed by atoms with Crippen molar-refractivity contribution >= 4 is 0 Å². The van der Waals surface area contributed by atoms with Crippen molar-refractivity contribution in [1.82, 2.24) is 15.2 Å². The zero-order chi connectivity index (χ0) is 14.3. The van der Waals surface area contributed by atoms with Gasteiger partial charge < -0.3 is 10.2 Å². The minimum Gasteiger partial charge on any atom is -0.308 e. The molecule has 0 unspecified atom stereocenters. The SMILES string of the molecule is C=C(CNC(C)(C)C)CN(C)CCc1ccccn1. The Labute approximate surface area is 117 Å². The lowest BCUT2D eigenvalue weighted by atomic mass is 10.1. The molecule has 1 N–H and O–H groups in total. The van der Waals surface area contributed by atoms with Gasteiger partial charge in [-0.1, -0.05) is 12.6 Å². The topological polar surface area (TPSA) is 28.2 Å². The highest BCUT2D eigenvalue weighted by atomic mass is 15.1. The Morgan fingerprint density at radius 2 is 2.11 bits per heavy atom. The van der Waals surface area contributed by atoms with E-state index >= 15 is 0 Å². The molecule has 0 saturated carbocycles. The Kier molecular flexibility index (Phi) is 6.19. The normalized spacial score (nSPS) is 11.8. The van der Waals surface area contributed by atoms with Gasteiger partial charge in [-0.3, -0.25) is 4.98 Å². The zero-order valence-corrected chi connectivity index (χ0v) is 12.7. The molecule has 106 valence electrons. The van der Waals surface area contributed by atoms with Crippen LogP contribution in [0.4, 0.5) is 0 Å². The minimum absolute atomic E-state index is 0.148. The first-order valence-corrected chi connectivity index (χ1v) is 6.87. The summed E-state index contributed by atoms with van der Waals surface area (Å²) in [5.41, 5.74) is 2.52. The van der Waals surface area contributed by atoms with E-state index in [0.29, 0.717) is 0 Å². The van der Waals surface area contributed by atoms with Crippen LogP contribution in [-0.2, 0) is 6.42 Å². The summed E-state index contributed by atoms with van der Waals surface area (Å²) in [5.74, 6) is 0. The van der Waals surface area contributed by atoms with Gasteiger partial charge in [-0.05, 0) is 45.5 Å². The van der Waals surface area contributed by atoms with Gasteiger partial charge in [0.05, 0.1) is 0 Å². The molecule has 0 bridgehead atoms. The summed E-state index contributed by atoms with van der Waals surface area (Å²) in [6.45, 7) is 13.5. The van der Waals surface area contributed by atoms with Gasteiger partial charge >= 0.3 is 0 Å². The Balaban J connectivity index is 2.24. The average Bonchev–Trinajstić information content (AvgIpc) is 2.34. The van der Waals surface area contributed by atoms with Crippen molar-refractivity contribution in [3.63, 3.8) is 0 Å². The molecule has 1 aromatic rings. The van der Waals surface area contributed by atoms with E-state index in [2.05, 4.69) is 55.7 Å². The highest BCUT2D eigenvalue weighted by molar-refractivity contribution is 5.05. The van der Waals surface area contributed by atoms with E-state index in [4.69, 9.17) is 0 Å². The summed E-state index contributed by atoms with van der Waals surface area (Å²) in [6, 6.07) is 6.06. The lowest BCUT2D eigenvalue weighted by molar-refractivity contribution is 0.355. The summed E-state index contributed by atoms with van der Waals surface area (Å²) in [5, 5.41) is 3.46. The largest absolute Gasteiger partial charge is 0.308 e. The highest BCUT2D eigenvalue weighted by Crippen LogP contribution is 2.02. The second kappa shape index (κ2) is 7.41. The van der Waals surface area contributed by atoms with Crippen LogP contribution in [-0.4, -0.2) is 42.1 Å². The second-order valence-electron chi connectivity index (χ2n) is 6.16. The van der Waals surface area contributed by atoms with E-state index in [0.717, 1.165) is 31.7 Å². The summed E-state index contributed by atoms with van der Waals surface area (Å²) in [7, 11) is 2.13. The summed E-state index contributed by atoms with van der Waals surface area (Å²) in [4.78, 5) is 6.63. The van der Waals surface area contributed by atoms with Crippen molar-refractivity contribution in [3.8, 4) is 0 Å². The van der Waals surface area contributed by atoms with Crippen LogP contribution in [0.5, 0.6) is 0 Å². The molecule has 0 atom stereocenters. The Hall–Kier alpha value is -1.19. The summed E-state index contributed by atoms with van der Waals surface area (Å²) in [6.07, 6.45) is 2.83. The molecule has 1 rings (SSSR count). The van der Waals surface area contributed by atoms with Crippen LogP contribution in [0.15, 0.2) is 36.5 Å². The molecule has 0 aliphatic heterocycles. The predicted octanol–water partition coefficient (Wildman–Crippen LogP) is 2.50. The molecule has 19 heavy (non-hydrogen) atoms. The van der Waals surface area contributed by atoms with Crippen molar-refractivity contribution in [1.29, 1.82) is 0 Å². The van der Waals surface area contributed by atoms with E-state index in [1.807, 2.05) is 18.3 Å². The van der Waals surface area contributed by atoms with Gasteiger partial charge in [0, 0.05) is 43.5 Å². The highest BCUT2D eigenvalue weighted by Gasteiger charge is 2.09. The first kappa shape index (κ1) is 15.9.